The number of ether oxygens (including phenoxy) is 1. The van der Waals surface area contributed by atoms with Gasteiger partial charge in [0.2, 0.25) is 0 Å². The van der Waals surface area contributed by atoms with Gasteiger partial charge in [-0.3, -0.25) is 5.41 Å². The van der Waals surface area contributed by atoms with Crippen LogP contribution in [0.15, 0.2) is 18.2 Å². The SMILES string of the molecule is N=C(N)CCCOc1cccc(Cl)c1F. The molecule has 0 heterocycles. The second-order valence-corrected chi connectivity index (χ2v) is 3.44. The highest BCUT2D eigenvalue weighted by atomic mass is 35.5. The predicted molar refractivity (Wildman–Crippen MR) is 58.1 cm³/mol. The Morgan fingerprint density at radius 3 is 2.93 bits per heavy atom. The molecule has 1 rings (SSSR count). The van der Waals surface area contributed by atoms with E-state index < -0.39 is 5.82 Å². The Morgan fingerprint density at radius 1 is 1.53 bits per heavy atom. The Hall–Kier alpha value is -1.29. The molecule has 0 bridgehead atoms. The molecule has 0 fully saturated rings. The zero-order valence-electron chi connectivity index (χ0n) is 8.09. The number of hydrogen-bond acceptors (Lipinski definition) is 2. The highest BCUT2D eigenvalue weighted by Crippen LogP contribution is 2.24. The van der Waals surface area contributed by atoms with E-state index in [-0.39, 0.29) is 16.6 Å². The minimum absolute atomic E-state index is 0.0408. The molecular formula is C10H12ClFN2O. The van der Waals surface area contributed by atoms with Crippen LogP contribution in [0.25, 0.3) is 0 Å². The van der Waals surface area contributed by atoms with Gasteiger partial charge in [-0.05, 0) is 18.6 Å². The van der Waals surface area contributed by atoms with Crippen molar-refractivity contribution in [1.82, 2.24) is 0 Å². The molecule has 0 atom stereocenters. The number of hydrogen-bond donors (Lipinski definition) is 2. The molecule has 0 spiro atoms. The Balaban J connectivity index is 2.44. The molecule has 0 saturated heterocycles. The van der Waals surface area contributed by atoms with Crippen LogP contribution >= 0.6 is 11.6 Å². The van der Waals surface area contributed by atoms with Crippen molar-refractivity contribution in [3.63, 3.8) is 0 Å². The van der Waals surface area contributed by atoms with Crippen LogP contribution in [0.1, 0.15) is 12.8 Å². The standard InChI is InChI=1S/C10H12ClFN2O/c11-7-3-1-4-8(10(7)12)15-6-2-5-9(13)14/h1,3-4H,2,5-6H2,(H3,13,14). The Labute approximate surface area is 92.5 Å². The van der Waals surface area contributed by atoms with Crippen molar-refractivity contribution in [3.05, 3.63) is 29.0 Å². The Morgan fingerprint density at radius 2 is 2.27 bits per heavy atom. The second-order valence-electron chi connectivity index (χ2n) is 3.03. The van der Waals surface area contributed by atoms with Crippen LogP contribution in [0.3, 0.4) is 0 Å². The quantitative estimate of drug-likeness (QED) is 0.464. The van der Waals surface area contributed by atoms with E-state index in [2.05, 4.69) is 0 Å². The summed E-state index contributed by atoms with van der Waals surface area (Å²) in [6, 6.07) is 4.58. The maximum Gasteiger partial charge on any atom is 0.183 e. The van der Waals surface area contributed by atoms with E-state index in [0.29, 0.717) is 19.4 Å². The van der Waals surface area contributed by atoms with Crippen LogP contribution < -0.4 is 10.5 Å². The van der Waals surface area contributed by atoms with Crippen LogP contribution in [-0.2, 0) is 0 Å². The summed E-state index contributed by atoms with van der Waals surface area (Å²) in [7, 11) is 0. The molecule has 82 valence electrons. The molecule has 15 heavy (non-hydrogen) atoms. The predicted octanol–water partition coefficient (Wildman–Crippen LogP) is 2.57. The van der Waals surface area contributed by atoms with Gasteiger partial charge in [-0.2, -0.15) is 0 Å². The Bertz CT molecular complexity index is 357. The van der Waals surface area contributed by atoms with E-state index in [1.54, 1.807) is 6.07 Å². The molecule has 0 amide bonds. The molecule has 0 unspecified atom stereocenters. The lowest BCUT2D eigenvalue weighted by molar-refractivity contribution is 0.298. The van der Waals surface area contributed by atoms with Crippen molar-refractivity contribution < 1.29 is 9.13 Å². The lowest BCUT2D eigenvalue weighted by atomic mass is 10.3. The van der Waals surface area contributed by atoms with Gasteiger partial charge in [-0.25, -0.2) is 4.39 Å². The minimum Gasteiger partial charge on any atom is -0.490 e. The summed E-state index contributed by atoms with van der Waals surface area (Å²) in [4.78, 5) is 0. The monoisotopic (exact) mass is 230 g/mol. The van der Waals surface area contributed by atoms with Gasteiger partial charge in [0.05, 0.1) is 17.5 Å². The van der Waals surface area contributed by atoms with Gasteiger partial charge in [0, 0.05) is 6.42 Å². The molecule has 3 N–H and O–H groups in total. The van der Waals surface area contributed by atoms with Gasteiger partial charge in [-0.15, -0.1) is 0 Å². The molecule has 5 heteroatoms. The second kappa shape index (κ2) is 5.56. The van der Waals surface area contributed by atoms with E-state index >= 15 is 0 Å². The van der Waals surface area contributed by atoms with Crippen molar-refractivity contribution in [3.8, 4) is 5.75 Å². The van der Waals surface area contributed by atoms with Gasteiger partial charge in [0.15, 0.2) is 11.6 Å². The van der Waals surface area contributed by atoms with Gasteiger partial charge in [0.1, 0.15) is 0 Å². The van der Waals surface area contributed by atoms with Crippen molar-refractivity contribution in [2.75, 3.05) is 6.61 Å². The maximum atomic E-state index is 13.3. The summed E-state index contributed by atoms with van der Waals surface area (Å²) in [5, 5.41) is 7.02. The summed E-state index contributed by atoms with van der Waals surface area (Å²) in [5.41, 5.74) is 5.16. The van der Waals surface area contributed by atoms with E-state index in [1.165, 1.54) is 12.1 Å². The number of rotatable bonds is 5. The molecule has 0 aromatic heterocycles. The average molecular weight is 231 g/mol. The maximum absolute atomic E-state index is 13.3. The highest BCUT2D eigenvalue weighted by Gasteiger charge is 2.06. The topological polar surface area (TPSA) is 59.1 Å². The van der Waals surface area contributed by atoms with Crippen molar-refractivity contribution in [2.45, 2.75) is 12.8 Å². The van der Waals surface area contributed by atoms with Crippen LogP contribution in [0, 0.1) is 11.2 Å². The zero-order valence-corrected chi connectivity index (χ0v) is 8.85. The lowest BCUT2D eigenvalue weighted by Gasteiger charge is -2.07. The van der Waals surface area contributed by atoms with E-state index in [0.717, 1.165) is 0 Å². The molecule has 1 aromatic rings. The van der Waals surface area contributed by atoms with Crippen LogP contribution in [0.4, 0.5) is 4.39 Å². The number of nitrogens with one attached hydrogen (secondary N) is 1. The smallest absolute Gasteiger partial charge is 0.183 e. The number of benzene rings is 1. The largest absolute Gasteiger partial charge is 0.490 e. The molecule has 0 aliphatic heterocycles. The first-order valence-corrected chi connectivity index (χ1v) is 4.88. The van der Waals surface area contributed by atoms with E-state index in [9.17, 15) is 4.39 Å². The third kappa shape index (κ3) is 3.75. The van der Waals surface area contributed by atoms with E-state index in [1.807, 2.05) is 0 Å². The molecule has 0 saturated carbocycles. The molecule has 0 radical (unpaired) electrons. The summed E-state index contributed by atoms with van der Waals surface area (Å²) in [5.74, 6) is -0.321. The average Bonchev–Trinajstić information content (AvgIpc) is 2.18. The first-order chi connectivity index (χ1) is 7.11. The molecule has 1 aromatic carbocycles. The summed E-state index contributed by atoms with van der Waals surface area (Å²) < 4.78 is 18.4. The third-order valence-corrected chi connectivity index (χ3v) is 2.06. The summed E-state index contributed by atoms with van der Waals surface area (Å²) >= 11 is 5.57. The first kappa shape index (κ1) is 11.8. The van der Waals surface area contributed by atoms with Gasteiger partial charge in [0.25, 0.3) is 0 Å². The lowest BCUT2D eigenvalue weighted by Crippen LogP contribution is -2.11. The van der Waals surface area contributed by atoms with Crippen LogP contribution in [-0.4, -0.2) is 12.4 Å². The fourth-order valence-electron chi connectivity index (χ4n) is 1.04. The molecule has 3 nitrogen and oxygen atoms in total. The fraction of sp³-hybridized carbons (Fsp3) is 0.300. The molecular weight excluding hydrogens is 219 g/mol. The molecule has 0 aliphatic rings. The third-order valence-electron chi connectivity index (χ3n) is 1.76. The number of halogens is 2. The number of nitrogens with two attached hydrogens (primary N) is 1. The highest BCUT2D eigenvalue weighted by molar-refractivity contribution is 6.30. The van der Waals surface area contributed by atoms with E-state index in [4.69, 9.17) is 27.5 Å². The summed E-state index contributed by atoms with van der Waals surface area (Å²) in [6.45, 7) is 0.316. The van der Waals surface area contributed by atoms with Gasteiger partial charge >= 0.3 is 0 Å². The van der Waals surface area contributed by atoms with Gasteiger partial charge < -0.3 is 10.5 Å². The Kier molecular flexibility index (Phi) is 4.37. The van der Waals surface area contributed by atoms with Crippen molar-refractivity contribution >= 4 is 17.4 Å². The molecule has 0 aliphatic carbocycles. The minimum atomic E-state index is -0.554. The summed E-state index contributed by atoms with van der Waals surface area (Å²) in [6.07, 6.45) is 1.03. The normalized spacial score (nSPS) is 10.0. The van der Waals surface area contributed by atoms with Crippen molar-refractivity contribution in [1.29, 1.82) is 5.41 Å². The van der Waals surface area contributed by atoms with Crippen LogP contribution in [0.2, 0.25) is 5.02 Å². The van der Waals surface area contributed by atoms with Crippen LogP contribution in [0.5, 0.6) is 5.75 Å². The number of amidine groups is 1. The van der Waals surface area contributed by atoms with Gasteiger partial charge in [-0.1, -0.05) is 17.7 Å². The fourth-order valence-corrected chi connectivity index (χ4v) is 1.21. The van der Waals surface area contributed by atoms with Crippen molar-refractivity contribution in [2.24, 2.45) is 5.73 Å². The zero-order chi connectivity index (χ0) is 11.3. The first-order valence-electron chi connectivity index (χ1n) is 4.51.